The van der Waals surface area contributed by atoms with E-state index in [2.05, 4.69) is 47.0 Å². The maximum Gasteiger partial charge on any atom is 0.213 e. The van der Waals surface area contributed by atoms with Crippen LogP contribution in [0.2, 0.25) is 0 Å². The first kappa shape index (κ1) is 13.2. The molecule has 0 radical (unpaired) electrons. The Balaban J connectivity index is 1.91. The summed E-state index contributed by atoms with van der Waals surface area (Å²) in [4.78, 5) is 12.2. The molecular formula is C20H18NO+. The van der Waals surface area contributed by atoms with Crippen LogP contribution in [0.5, 0.6) is 0 Å². The smallest absolute Gasteiger partial charge is 0.213 e. The van der Waals surface area contributed by atoms with Crippen LogP contribution in [0.1, 0.15) is 29.8 Å². The summed E-state index contributed by atoms with van der Waals surface area (Å²) in [5.41, 5.74) is 4.64. The monoisotopic (exact) mass is 288 g/mol. The number of pyridine rings is 1. The molecular weight excluding hydrogens is 270 g/mol. The van der Waals surface area contributed by atoms with Gasteiger partial charge in [-0.3, -0.25) is 4.79 Å². The molecule has 2 nitrogen and oxygen atoms in total. The first-order valence-electron chi connectivity index (χ1n) is 7.74. The van der Waals surface area contributed by atoms with Gasteiger partial charge in [0.05, 0.1) is 11.1 Å². The van der Waals surface area contributed by atoms with E-state index in [1.165, 1.54) is 27.6 Å². The van der Waals surface area contributed by atoms with Crippen LogP contribution in [-0.4, -0.2) is 5.78 Å². The van der Waals surface area contributed by atoms with E-state index in [0.717, 1.165) is 12.1 Å². The number of hydrogen-bond acceptors (Lipinski definition) is 1. The molecule has 1 aromatic heterocycles. The zero-order valence-corrected chi connectivity index (χ0v) is 12.8. The SMILES string of the molecule is CC(C)C(=O)c1ccc2[n+](c1)Cc1ccc3ccccc3c1-2. The predicted molar refractivity (Wildman–Crippen MR) is 87.8 cm³/mol. The maximum atomic E-state index is 12.2. The zero-order chi connectivity index (χ0) is 15.3. The average Bonchev–Trinajstić information content (AvgIpc) is 2.91. The highest BCUT2D eigenvalue weighted by Crippen LogP contribution is 2.34. The first-order valence-corrected chi connectivity index (χ1v) is 7.74. The predicted octanol–water partition coefficient (Wildman–Crippen LogP) is 3.99. The fourth-order valence-electron chi connectivity index (χ4n) is 3.32. The molecule has 2 heterocycles. The highest BCUT2D eigenvalue weighted by atomic mass is 16.1. The fraction of sp³-hybridized carbons (Fsp3) is 0.200. The van der Waals surface area contributed by atoms with Crippen molar-refractivity contribution < 1.29 is 9.36 Å². The molecule has 0 unspecified atom stereocenters. The van der Waals surface area contributed by atoms with Gasteiger partial charge in [-0.05, 0) is 16.8 Å². The average molecular weight is 288 g/mol. The van der Waals surface area contributed by atoms with Gasteiger partial charge >= 0.3 is 0 Å². The molecule has 0 fully saturated rings. The van der Waals surface area contributed by atoms with Gasteiger partial charge in [-0.15, -0.1) is 0 Å². The third kappa shape index (κ3) is 1.87. The molecule has 0 bridgehead atoms. The lowest BCUT2D eigenvalue weighted by Gasteiger charge is -2.04. The number of carbonyl (C=O) groups excluding carboxylic acids is 1. The van der Waals surface area contributed by atoms with Crippen molar-refractivity contribution in [2.75, 3.05) is 0 Å². The molecule has 108 valence electrons. The summed E-state index contributed by atoms with van der Waals surface area (Å²) in [6.07, 6.45) is 2.01. The van der Waals surface area contributed by atoms with Crippen molar-refractivity contribution >= 4 is 16.6 Å². The van der Waals surface area contributed by atoms with Crippen molar-refractivity contribution in [2.24, 2.45) is 5.92 Å². The van der Waals surface area contributed by atoms with Gasteiger partial charge in [-0.1, -0.05) is 50.2 Å². The van der Waals surface area contributed by atoms with Gasteiger partial charge in [0.25, 0.3) is 0 Å². The van der Waals surface area contributed by atoms with Gasteiger partial charge in [-0.25, -0.2) is 0 Å². The van der Waals surface area contributed by atoms with Crippen molar-refractivity contribution in [1.29, 1.82) is 0 Å². The van der Waals surface area contributed by atoms with Crippen LogP contribution in [0.3, 0.4) is 0 Å². The Labute approximate surface area is 130 Å². The summed E-state index contributed by atoms with van der Waals surface area (Å²) in [6.45, 7) is 4.74. The summed E-state index contributed by atoms with van der Waals surface area (Å²) in [6, 6.07) is 16.9. The van der Waals surface area contributed by atoms with E-state index >= 15 is 0 Å². The number of fused-ring (bicyclic) bond motifs is 5. The van der Waals surface area contributed by atoms with Crippen LogP contribution in [0, 0.1) is 5.92 Å². The summed E-state index contributed by atoms with van der Waals surface area (Å²) in [5.74, 6) is 0.236. The van der Waals surface area contributed by atoms with Crippen LogP contribution in [0.25, 0.3) is 22.0 Å². The molecule has 0 spiro atoms. The second-order valence-electron chi connectivity index (χ2n) is 6.27. The molecule has 4 rings (SSSR count). The minimum absolute atomic E-state index is 0.0308. The van der Waals surface area contributed by atoms with Crippen molar-refractivity contribution in [2.45, 2.75) is 20.4 Å². The molecule has 2 aromatic carbocycles. The minimum atomic E-state index is 0.0308. The Morgan fingerprint density at radius 3 is 2.68 bits per heavy atom. The van der Waals surface area contributed by atoms with Gasteiger partial charge in [-0.2, -0.15) is 4.57 Å². The molecule has 0 atom stereocenters. The topological polar surface area (TPSA) is 20.9 Å². The number of nitrogens with zero attached hydrogens (tertiary/aromatic N) is 1. The molecule has 2 heteroatoms. The Morgan fingerprint density at radius 2 is 1.86 bits per heavy atom. The summed E-state index contributed by atoms with van der Waals surface area (Å²) in [7, 11) is 0. The van der Waals surface area contributed by atoms with Gasteiger partial charge in [0.2, 0.25) is 5.69 Å². The summed E-state index contributed by atoms with van der Waals surface area (Å²) >= 11 is 0. The van der Waals surface area contributed by atoms with Crippen LogP contribution in [-0.2, 0) is 6.54 Å². The summed E-state index contributed by atoms with van der Waals surface area (Å²) in [5, 5.41) is 2.55. The van der Waals surface area contributed by atoms with Gasteiger partial charge in [0.1, 0.15) is 0 Å². The number of benzene rings is 2. The number of hydrogen-bond donors (Lipinski definition) is 0. The molecule has 1 aliphatic heterocycles. The highest BCUT2D eigenvalue weighted by molar-refractivity contribution is 5.99. The van der Waals surface area contributed by atoms with E-state index in [4.69, 9.17) is 0 Å². The second kappa shape index (κ2) is 4.77. The van der Waals surface area contributed by atoms with Crippen LogP contribution < -0.4 is 4.57 Å². The first-order chi connectivity index (χ1) is 10.6. The Kier molecular flexibility index (Phi) is 2.86. The third-order valence-corrected chi connectivity index (χ3v) is 4.45. The number of rotatable bonds is 2. The minimum Gasteiger partial charge on any atom is -0.294 e. The van der Waals surface area contributed by atoms with Gasteiger partial charge < -0.3 is 0 Å². The standard InChI is InChI=1S/C20H18NO/c1-13(2)20(22)16-9-10-18-19-15(11-21(18)12-16)8-7-14-5-3-4-6-17(14)19/h3-10,12-13H,11H2,1-2H3/q+1. The Hall–Kier alpha value is -2.48. The third-order valence-electron chi connectivity index (χ3n) is 4.45. The van der Waals surface area contributed by atoms with Crippen molar-refractivity contribution in [1.82, 2.24) is 0 Å². The maximum absolute atomic E-state index is 12.2. The van der Waals surface area contributed by atoms with E-state index < -0.39 is 0 Å². The molecule has 0 amide bonds. The molecule has 0 saturated carbocycles. The van der Waals surface area contributed by atoms with Crippen LogP contribution in [0.15, 0.2) is 54.7 Å². The number of carbonyl (C=O) groups is 1. The second-order valence-corrected chi connectivity index (χ2v) is 6.27. The Bertz CT molecular complexity index is 909. The lowest BCUT2D eigenvalue weighted by Crippen LogP contribution is -2.33. The number of ketones is 1. The van der Waals surface area contributed by atoms with Crippen molar-refractivity contribution in [3.63, 3.8) is 0 Å². The van der Waals surface area contributed by atoms with Crippen molar-refractivity contribution in [3.05, 3.63) is 65.9 Å². The molecule has 0 N–H and O–H groups in total. The normalized spacial score (nSPS) is 12.5. The molecule has 1 aliphatic rings. The number of aromatic nitrogens is 1. The summed E-state index contributed by atoms with van der Waals surface area (Å²) < 4.78 is 2.20. The molecule has 3 aromatic rings. The molecule has 22 heavy (non-hydrogen) atoms. The van der Waals surface area contributed by atoms with E-state index in [1.807, 2.05) is 26.1 Å². The van der Waals surface area contributed by atoms with Crippen molar-refractivity contribution in [3.8, 4) is 11.3 Å². The van der Waals surface area contributed by atoms with Crippen LogP contribution >= 0.6 is 0 Å². The van der Waals surface area contributed by atoms with E-state index in [9.17, 15) is 4.79 Å². The lowest BCUT2D eigenvalue weighted by atomic mass is 9.98. The van der Waals surface area contributed by atoms with Gasteiger partial charge in [0.15, 0.2) is 18.5 Å². The Morgan fingerprint density at radius 1 is 1.05 bits per heavy atom. The zero-order valence-electron chi connectivity index (χ0n) is 12.8. The largest absolute Gasteiger partial charge is 0.294 e. The van der Waals surface area contributed by atoms with E-state index in [0.29, 0.717) is 0 Å². The van der Waals surface area contributed by atoms with Gasteiger partial charge in [0, 0.05) is 17.5 Å². The van der Waals surface area contributed by atoms with E-state index in [1.54, 1.807) is 0 Å². The highest BCUT2D eigenvalue weighted by Gasteiger charge is 2.29. The number of Topliss-reactive ketones (excluding diaryl/α,β-unsaturated/α-hetero) is 1. The lowest BCUT2D eigenvalue weighted by molar-refractivity contribution is -0.672. The van der Waals surface area contributed by atoms with E-state index in [-0.39, 0.29) is 11.7 Å². The molecule has 0 saturated heterocycles. The van der Waals surface area contributed by atoms with Crippen LogP contribution in [0.4, 0.5) is 0 Å². The fourth-order valence-corrected chi connectivity index (χ4v) is 3.32. The molecule has 0 aliphatic carbocycles. The quantitative estimate of drug-likeness (QED) is 0.403.